The molecule has 0 aromatic heterocycles. The van der Waals surface area contributed by atoms with Gasteiger partial charge in [0.25, 0.3) is 0 Å². The van der Waals surface area contributed by atoms with Crippen molar-refractivity contribution in [2.45, 2.75) is 6.54 Å². The van der Waals surface area contributed by atoms with Gasteiger partial charge in [0.05, 0.1) is 4.47 Å². The van der Waals surface area contributed by atoms with Crippen molar-refractivity contribution in [3.63, 3.8) is 0 Å². The van der Waals surface area contributed by atoms with Gasteiger partial charge >= 0.3 is 0 Å². The van der Waals surface area contributed by atoms with Crippen LogP contribution < -0.4 is 5.32 Å². The lowest BCUT2D eigenvalue weighted by atomic mass is 10.1. The first kappa shape index (κ1) is 14.8. The second-order valence-electron chi connectivity index (χ2n) is 3.85. The van der Waals surface area contributed by atoms with E-state index in [0.717, 1.165) is 26.2 Å². The van der Waals surface area contributed by atoms with Gasteiger partial charge in [-0.05, 0) is 28.1 Å². The van der Waals surface area contributed by atoms with E-state index >= 15 is 0 Å². The van der Waals surface area contributed by atoms with E-state index in [1.165, 1.54) is 12.1 Å². The predicted octanol–water partition coefficient (Wildman–Crippen LogP) is 2.55. The van der Waals surface area contributed by atoms with E-state index in [0.29, 0.717) is 11.0 Å². The topological polar surface area (TPSA) is 15.3 Å². The van der Waals surface area contributed by atoms with E-state index < -0.39 is 11.6 Å². The number of nitrogens with zero attached hydrogens (tertiary/aromatic N) is 1. The summed E-state index contributed by atoms with van der Waals surface area (Å²) in [6, 6.07) is 2.69. The van der Waals surface area contributed by atoms with Crippen molar-refractivity contribution in [3.05, 3.63) is 33.8 Å². The Balaban J connectivity index is 0.00000144. The largest absolute Gasteiger partial charge is 0.314 e. The second-order valence-corrected chi connectivity index (χ2v) is 4.70. The smallest absolute Gasteiger partial charge is 0.144 e. The number of nitrogens with one attached hydrogen (secondary N) is 1. The van der Waals surface area contributed by atoms with Crippen molar-refractivity contribution in [1.82, 2.24) is 10.2 Å². The van der Waals surface area contributed by atoms with E-state index in [1.807, 2.05) is 4.90 Å². The number of benzene rings is 1. The lowest BCUT2D eigenvalue weighted by Crippen LogP contribution is -2.43. The monoisotopic (exact) mass is 326 g/mol. The molecule has 1 fully saturated rings. The number of halogens is 4. The van der Waals surface area contributed by atoms with Gasteiger partial charge in [-0.25, -0.2) is 8.78 Å². The van der Waals surface area contributed by atoms with Crippen molar-refractivity contribution < 1.29 is 8.78 Å². The molecule has 0 atom stereocenters. The van der Waals surface area contributed by atoms with Crippen LogP contribution in [0.4, 0.5) is 8.78 Å². The summed E-state index contributed by atoms with van der Waals surface area (Å²) >= 11 is 3.07. The highest BCUT2D eigenvalue weighted by atomic mass is 79.9. The van der Waals surface area contributed by atoms with Gasteiger partial charge in [-0.1, -0.05) is 0 Å². The third kappa shape index (κ3) is 3.61. The minimum absolute atomic E-state index is 0. The van der Waals surface area contributed by atoms with Gasteiger partial charge in [0.2, 0.25) is 0 Å². The Hall–Kier alpha value is -0.230. The molecular weight excluding hydrogens is 313 g/mol. The lowest BCUT2D eigenvalue weighted by molar-refractivity contribution is 0.227. The zero-order valence-corrected chi connectivity index (χ0v) is 11.6. The molecule has 0 saturated carbocycles. The minimum atomic E-state index is -0.487. The summed E-state index contributed by atoms with van der Waals surface area (Å²) in [5, 5.41) is 3.20. The van der Waals surface area contributed by atoms with E-state index in [4.69, 9.17) is 0 Å². The molecule has 96 valence electrons. The zero-order chi connectivity index (χ0) is 11.5. The molecule has 1 aliphatic rings. The Morgan fingerprint density at radius 3 is 2.53 bits per heavy atom. The van der Waals surface area contributed by atoms with Gasteiger partial charge < -0.3 is 5.32 Å². The molecule has 1 saturated heterocycles. The molecule has 1 aromatic carbocycles. The number of hydrogen-bond donors (Lipinski definition) is 1. The fourth-order valence-corrected chi connectivity index (χ4v) is 2.18. The van der Waals surface area contributed by atoms with Crippen molar-refractivity contribution in [3.8, 4) is 0 Å². The average molecular weight is 328 g/mol. The van der Waals surface area contributed by atoms with Gasteiger partial charge in [-0.15, -0.1) is 12.4 Å². The molecular formula is C11H14BrClF2N2. The standard InChI is InChI=1S/C11H13BrF2N2.ClH/c12-9-1-2-10(13)8(11(9)14)7-16-5-3-15-4-6-16;/h1-2,15H,3-7H2;1H. The van der Waals surface area contributed by atoms with E-state index in [1.54, 1.807) is 0 Å². The van der Waals surface area contributed by atoms with Crippen LogP contribution in [0.2, 0.25) is 0 Å². The van der Waals surface area contributed by atoms with Gasteiger partial charge in [-0.2, -0.15) is 0 Å². The fraction of sp³-hybridized carbons (Fsp3) is 0.455. The molecule has 1 aliphatic heterocycles. The Bertz CT molecular complexity index is 384. The van der Waals surface area contributed by atoms with E-state index in [9.17, 15) is 8.78 Å². The van der Waals surface area contributed by atoms with E-state index in [-0.39, 0.29) is 18.0 Å². The van der Waals surface area contributed by atoms with Crippen LogP contribution >= 0.6 is 28.3 Å². The average Bonchev–Trinajstić information content (AvgIpc) is 2.31. The third-order valence-corrected chi connectivity index (χ3v) is 3.34. The quantitative estimate of drug-likeness (QED) is 0.840. The number of piperazine rings is 1. The van der Waals surface area contributed by atoms with E-state index in [2.05, 4.69) is 21.2 Å². The zero-order valence-electron chi connectivity index (χ0n) is 9.18. The van der Waals surface area contributed by atoms with Gasteiger partial charge in [-0.3, -0.25) is 4.90 Å². The first-order chi connectivity index (χ1) is 7.68. The van der Waals surface area contributed by atoms with Gasteiger partial charge in [0.15, 0.2) is 0 Å². The molecule has 1 aromatic rings. The molecule has 1 N–H and O–H groups in total. The van der Waals surface area contributed by atoms with Crippen molar-refractivity contribution in [2.24, 2.45) is 0 Å². The van der Waals surface area contributed by atoms with Crippen LogP contribution in [-0.4, -0.2) is 31.1 Å². The SMILES string of the molecule is Cl.Fc1ccc(Br)c(F)c1CN1CCNCC1. The molecule has 6 heteroatoms. The Labute approximate surface area is 114 Å². The Morgan fingerprint density at radius 1 is 1.24 bits per heavy atom. The van der Waals surface area contributed by atoms with Crippen LogP contribution in [0.15, 0.2) is 16.6 Å². The molecule has 1 heterocycles. The Morgan fingerprint density at radius 2 is 1.88 bits per heavy atom. The van der Waals surface area contributed by atoms with Crippen LogP contribution in [0, 0.1) is 11.6 Å². The summed E-state index contributed by atoms with van der Waals surface area (Å²) < 4.78 is 27.5. The normalized spacial score (nSPS) is 16.6. The summed E-state index contributed by atoms with van der Waals surface area (Å²) in [5.41, 5.74) is 0.149. The van der Waals surface area contributed by atoms with Crippen LogP contribution in [-0.2, 0) is 6.54 Å². The summed E-state index contributed by atoms with van der Waals surface area (Å²) in [4.78, 5) is 2.05. The maximum absolute atomic E-state index is 13.7. The lowest BCUT2D eigenvalue weighted by Gasteiger charge is -2.27. The van der Waals surface area contributed by atoms with Crippen molar-refractivity contribution in [1.29, 1.82) is 0 Å². The summed E-state index contributed by atoms with van der Waals surface area (Å²) in [6.07, 6.45) is 0. The summed E-state index contributed by atoms with van der Waals surface area (Å²) in [6.45, 7) is 3.73. The molecule has 2 rings (SSSR count). The molecule has 2 nitrogen and oxygen atoms in total. The van der Waals surface area contributed by atoms with Gasteiger partial charge in [0, 0.05) is 38.3 Å². The highest BCUT2D eigenvalue weighted by Crippen LogP contribution is 2.22. The second kappa shape index (κ2) is 6.64. The molecule has 0 amide bonds. The van der Waals surface area contributed by atoms with Gasteiger partial charge in [0.1, 0.15) is 11.6 Å². The molecule has 0 aliphatic carbocycles. The first-order valence-electron chi connectivity index (χ1n) is 5.24. The van der Waals surface area contributed by atoms with Crippen LogP contribution in [0.1, 0.15) is 5.56 Å². The number of hydrogen-bond acceptors (Lipinski definition) is 2. The third-order valence-electron chi connectivity index (χ3n) is 2.73. The molecule has 17 heavy (non-hydrogen) atoms. The highest BCUT2D eigenvalue weighted by Gasteiger charge is 2.17. The van der Waals surface area contributed by atoms with Crippen LogP contribution in [0.25, 0.3) is 0 Å². The molecule has 0 spiro atoms. The molecule has 0 unspecified atom stereocenters. The predicted molar refractivity (Wildman–Crippen MR) is 69.5 cm³/mol. The maximum atomic E-state index is 13.7. The van der Waals surface area contributed by atoms with Crippen molar-refractivity contribution >= 4 is 28.3 Å². The Kier molecular flexibility index (Phi) is 5.79. The molecule has 0 bridgehead atoms. The summed E-state index contributed by atoms with van der Waals surface area (Å²) in [5.74, 6) is -0.960. The summed E-state index contributed by atoms with van der Waals surface area (Å²) in [7, 11) is 0. The van der Waals surface area contributed by atoms with Crippen LogP contribution in [0.3, 0.4) is 0 Å². The number of rotatable bonds is 2. The highest BCUT2D eigenvalue weighted by molar-refractivity contribution is 9.10. The fourth-order valence-electron chi connectivity index (χ4n) is 1.81. The minimum Gasteiger partial charge on any atom is -0.314 e. The van der Waals surface area contributed by atoms with Crippen molar-refractivity contribution in [2.75, 3.05) is 26.2 Å². The maximum Gasteiger partial charge on any atom is 0.144 e. The van der Waals surface area contributed by atoms with Crippen LogP contribution in [0.5, 0.6) is 0 Å². The first-order valence-corrected chi connectivity index (χ1v) is 6.03. The molecule has 0 radical (unpaired) electrons.